The van der Waals surface area contributed by atoms with E-state index in [0.29, 0.717) is 11.1 Å². The highest BCUT2D eigenvalue weighted by Gasteiger charge is 2.20. The largest absolute Gasteiger partial charge is 0.384 e. The van der Waals surface area contributed by atoms with Gasteiger partial charge in [-0.1, -0.05) is 30.4 Å². The highest BCUT2D eigenvalue weighted by atomic mass is 16.2. The molecule has 1 N–H and O–H groups in total. The lowest BCUT2D eigenvalue weighted by Gasteiger charge is -2.27. The molecule has 0 unspecified atom stereocenters. The first-order valence-corrected chi connectivity index (χ1v) is 7.02. The quantitative estimate of drug-likeness (QED) is 0.857. The summed E-state index contributed by atoms with van der Waals surface area (Å²) in [5.74, 6) is 5.48. The molecule has 0 aliphatic heterocycles. The Morgan fingerprint density at radius 1 is 1.40 bits per heavy atom. The second kappa shape index (κ2) is 7.72. The van der Waals surface area contributed by atoms with E-state index < -0.39 is 0 Å². The molecule has 1 aromatic carbocycles. The van der Waals surface area contributed by atoms with Crippen molar-refractivity contribution in [2.45, 2.75) is 40.2 Å². The highest BCUT2D eigenvalue weighted by molar-refractivity contribution is 5.97. The Bertz CT molecular complexity index is 524. The average Bonchev–Trinajstić information content (AvgIpc) is 2.42. The molecule has 3 heteroatoms. The van der Waals surface area contributed by atoms with Crippen LogP contribution in [0, 0.1) is 18.8 Å². The van der Waals surface area contributed by atoms with Gasteiger partial charge >= 0.3 is 0 Å². The number of hydrogen-bond acceptors (Lipinski definition) is 2. The van der Waals surface area contributed by atoms with E-state index in [4.69, 9.17) is 5.11 Å². The van der Waals surface area contributed by atoms with Gasteiger partial charge in [0.25, 0.3) is 5.91 Å². The average molecular weight is 273 g/mol. The molecule has 0 radical (unpaired) electrons. The number of carbonyl (C=O) groups is 1. The third-order valence-corrected chi connectivity index (χ3v) is 3.06. The van der Waals surface area contributed by atoms with Crippen LogP contribution in [0.1, 0.15) is 48.7 Å². The molecule has 0 aliphatic rings. The monoisotopic (exact) mass is 273 g/mol. The van der Waals surface area contributed by atoms with Crippen LogP contribution in [0.15, 0.2) is 18.2 Å². The van der Waals surface area contributed by atoms with Crippen molar-refractivity contribution >= 4 is 5.91 Å². The maximum atomic E-state index is 12.7. The number of hydrogen-bond donors (Lipinski definition) is 1. The molecule has 108 valence electrons. The second-order valence-electron chi connectivity index (χ2n) is 5.10. The first-order chi connectivity index (χ1) is 9.51. The zero-order valence-corrected chi connectivity index (χ0v) is 12.7. The zero-order chi connectivity index (χ0) is 15.1. The van der Waals surface area contributed by atoms with Crippen LogP contribution in [0.2, 0.25) is 0 Å². The number of nitrogens with zero attached hydrogens (tertiary/aromatic N) is 1. The van der Waals surface area contributed by atoms with Crippen molar-refractivity contribution in [3.05, 3.63) is 34.9 Å². The number of aliphatic hydroxyl groups excluding tert-OH is 1. The van der Waals surface area contributed by atoms with Crippen LogP contribution in [-0.2, 0) is 0 Å². The summed E-state index contributed by atoms with van der Waals surface area (Å²) in [7, 11) is 0. The normalized spacial score (nSPS) is 10.1. The van der Waals surface area contributed by atoms with Gasteiger partial charge < -0.3 is 10.0 Å². The van der Waals surface area contributed by atoms with E-state index in [0.717, 1.165) is 18.5 Å². The van der Waals surface area contributed by atoms with E-state index in [1.807, 2.05) is 43.9 Å². The van der Waals surface area contributed by atoms with Gasteiger partial charge in [0.15, 0.2) is 0 Å². The fourth-order valence-electron chi connectivity index (χ4n) is 2.07. The van der Waals surface area contributed by atoms with Gasteiger partial charge in [-0.2, -0.15) is 0 Å². The molecule has 1 amide bonds. The summed E-state index contributed by atoms with van der Waals surface area (Å²) in [5.41, 5.74) is 2.33. The van der Waals surface area contributed by atoms with Crippen molar-refractivity contribution in [1.82, 2.24) is 4.90 Å². The summed E-state index contributed by atoms with van der Waals surface area (Å²) in [6.45, 7) is 8.58. The lowest BCUT2D eigenvalue weighted by Crippen LogP contribution is -2.37. The third-order valence-electron chi connectivity index (χ3n) is 3.06. The van der Waals surface area contributed by atoms with Crippen molar-refractivity contribution in [3.63, 3.8) is 0 Å². The molecule has 0 bridgehead atoms. The van der Waals surface area contributed by atoms with E-state index in [2.05, 4.69) is 18.8 Å². The molecule has 3 nitrogen and oxygen atoms in total. The maximum Gasteiger partial charge on any atom is 0.255 e. The molecule has 0 saturated carbocycles. The Kier molecular flexibility index (Phi) is 6.27. The van der Waals surface area contributed by atoms with Gasteiger partial charge in [-0.3, -0.25) is 4.79 Å². The summed E-state index contributed by atoms with van der Waals surface area (Å²) in [5, 5.41) is 8.82. The molecule has 0 aliphatic carbocycles. The van der Waals surface area contributed by atoms with Gasteiger partial charge in [0.05, 0.1) is 5.56 Å². The SMILES string of the molecule is CCCN(C(=O)c1cc(C)ccc1C#CCO)C(C)C. The minimum atomic E-state index is -0.204. The summed E-state index contributed by atoms with van der Waals surface area (Å²) < 4.78 is 0. The van der Waals surface area contributed by atoms with E-state index in [9.17, 15) is 4.79 Å². The van der Waals surface area contributed by atoms with Crippen LogP contribution < -0.4 is 0 Å². The molecule has 1 rings (SSSR count). The van der Waals surface area contributed by atoms with E-state index in [1.54, 1.807) is 0 Å². The number of rotatable bonds is 4. The van der Waals surface area contributed by atoms with Crippen molar-refractivity contribution in [2.24, 2.45) is 0 Å². The van der Waals surface area contributed by atoms with Crippen LogP contribution in [0.4, 0.5) is 0 Å². The molecular formula is C17H23NO2. The van der Waals surface area contributed by atoms with Crippen molar-refractivity contribution in [3.8, 4) is 11.8 Å². The number of carbonyl (C=O) groups excluding carboxylic acids is 1. The van der Waals surface area contributed by atoms with Crippen molar-refractivity contribution in [1.29, 1.82) is 0 Å². The van der Waals surface area contributed by atoms with Gasteiger partial charge in [0, 0.05) is 18.2 Å². The molecular weight excluding hydrogens is 250 g/mol. The Labute approximate surface area is 121 Å². The summed E-state index contributed by atoms with van der Waals surface area (Å²) >= 11 is 0. The highest BCUT2D eigenvalue weighted by Crippen LogP contribution is 2.15. The number of benzene rings is 1. The van der Waals surface area contributed by atoms with Crippen LogP contribution in [0.3, 0.4) is 0 Å². The minimum absolute atomic E-state index is 0.00721. The minimum Gasteiger partial charge on any atom is -0.384 e. The number of aliphatic hydroxyl groups is 1. The maximum absolute atomic E-state index is 12.7. The van der Waals surface area contributed by atoms with E-state index >= 15 is 0 Å². The molecule has 0 fully saturated rings. The molecule has 0 atom stereocenters. The fraction of sp³-hybridized carbons (Fsp3) is 0.471. The Morgan fingerprint density at radius 3 is 2.65 bits per heavy atom. The summed E-state index contributed by atoms with van der Waals surface area (Å²) in [6, 6.07) is 5.80. The van der Waals surface area contributed by atoms with E-state index in [-0.39, 0.29) is 18.6 Å². The Morgan fingerprint density at radius 2 is 2.10 bits per heavy atom. The molecule has 0 spiro atoms. The number of aryl methyl sites for hydroxylation is 1. The van der Waals surface area contributed by atoms with Crippen molar-refractivity contribution < 1.29 is 9.90 Å². The molecule has 0 heterocycles. The van der Waals surface area contributed by atoms with Gasteiger partial charge in [-0.15, -0.1) is 0 Å². The standard InChI is InChI=1S/C17H23NO2/c1-5-10-18(13(2)3)17(20)16-12-14(4)8-9-15(16)7-6-11-19/h8-9,12-13,19H,5,10-11H2,1-4H3. The first-order valence-electron chi connectivity index (χ1n) is 7.02. The van der Waals surface area contributed by atoms with Crippen LogP contribution in [0.5, 0.6) is 0 Å². The van der Waals surface area contributed by atoms with Crippen LogP contribution >= 0.6 is 0 Å². The smallest absolute Gasteiger partial charge is 0.255 e. The summed E-state index contributed by atoms with van der Waals surface area (Å²) in [6.07, 6.45) is 0.924. The predicted octanol–water partition coefficient (Wildman–Crippen LogP) is 2.60. The molecule has 0 saturated heterocycles. The molecule has 1 aromatic rings. The van der Waals surface area contributed by atoms with Gasteiger partial charge in [-0.05, 0) is 39.3 Å². The van der Waals surface area contributed by atoms with Crippen molar-refractivity contribution in [2.75, 3.05) is 13.2 Å². The molecule has 0 aromatic heterocycles. The van der Waals surface area contributed by atoms with Crippen LogP contribution in [-0.4, -0.2) is 35.1 Å². The molecule has 20 heavy (non-hydrogen) atoms. The van der Waals surface area contributed by atoms with Gasteiger partial charge in [0.2, 0.25) is 0 Å². The van der Waals surface area contributed by atoms with Gasteiger partial charge in [-0.25, -0.2) is 0 Å². The lowest BCUT2D eigenvalue weighted by molar-refractivity contribution is 0.0705. The van der Waals surface area contributed by atoms with E-state index in [1.165, 1.54) is 0 Å². The first kappa shape index (κ1) is 16.3. The zero-order valence-electron chi connectivity index (χ0n) is 12.7. The summed E-state index contributed by atoms with van der Waals surface area (Å²) in [4.78, 5) is 14.6. The topological polar surface area (TPSA) is 40.5 Å². The Hall–Kier alpha value is -1.79. The predicted molar refractivity (Wildman–Crippen MR) is 81.6 cm³/mol. The second-order valence-corrected chi connectivity index (χ2v) is 5.10. The third kappa shape index (κ3) is 4.11. The fourth-order valence-corrected chi connectivity index (χ4v) is 2.07. The lowest BCUT2D eigenvalue weighted by atomic mass is 10.0. The number of amides is 1. The van der Waals surface area contributed by atoms with Gasteiger partial charge in [0.1, 0.15) is 6.61 Å². The van der Waals surface area contributed by atoms with Crippen LogP contribution in [0.25, 0.3) is 0 Å². The Balaban J connectivity index is 3.21.